The molecule has 2 atom stereocenters. The van der Waals surface area contributed by atoms with Crippen LogP contribution in [0.15, 0.2) is 0 Å². The van der Waals surface area contributed by atoms with Crippen molar-refractivity contribution in [2.45, 2.75) is 32.4 Å². The molecule has 0 saturated heterocycles. The van der Waals surface area contributed by atoms with Crippen LogP contribution in [0.1, 0.15) is 20.3 Å². The molecule has 0 radical (unpaired) electrons. The van der Waals surface area contributed by atoms with E-state index in [1.807, 2.05) is 13.8 Å². The topological polar surface area (TPSA) is 64.4 Å². The lowest BCUT2D eigenvalue weighted by Gasteiger charge is -2.15. The summed E-state index contributed by atoms with van der Waals surface area (Å²) in [4.78, 5) is 11.2. The molecule has 0 aromatic rings. The highest BCUT2D eigenvalue weighted by atomic mass is 16.5. The predicted octanol–water partition coefficient (Wildman–Crippen LogP) is -0.125. The average molecular weight is 174 g/mol. The molecule has 0 aliphatic heterocycles. The van der Waals surface area contributed by atoms with Gasteiger partial charge in [-0.15, -0.1) is 0 Å². The molecule has 0 fully saturated rings. The lowest BCUT2D eigenvalue weighted by Crippen LogP contribution is -2.46. The third-order valence-electron chi connectivity index (χ3n) is 1.68. The molecule has 0 rings (SSSR count). The molecule has 4 heteroatoms. The number of carbonyl (C=O) groups is 1. The number of nitrogens with two attached hydrogens (primary N) is 1. The van der Waals surface area contributed by atoms with Crippen molar-refractivity contribution in [3.63, 3.8) is 0 Å². The van der Waals surface area contributed by atoms with E-state index in [9.17, 15) is 4.79 Å². The number of ether oxygens (including phenoxy) is 1. The third-order valence-corrected chi connectivity index (χ3v) is 1.68. The Morgan fingerprint density at radius 2 is 2.25 bits per heavy atom. The van der Waals surface area contributed by atoms with Crippen molar-refractivity contribution < 1.29 is 9.53 Å². The number of hydrogen-bond donors (Lipinski definition) is 2. The maximum Gasteiger partial charge on any atom is 0.239 e. The van der Waals surface area contributed by atoms with Gasteiger partial charge in [-0.1, -0.05) is 6.92 Å². The summed E-state index contributed by atoms with van der Waals surface area (Å²) in [6.45, 7) is 4.21. The first-order valence-corrected chi connectivity index (χ1v) is 4.16. The highest BCUT2D eigenvalue weighted by Crippen LogP contribution is 1.89. The van der Waals surface area contributed by atoms with E-state index in [1.165, 1.54) is 7.11 Å². The second-order valence-electron chi connectivity index (χ2n) is 2.88. The normalized spacial score (nSPS) is 15.3. The smallest absolute Gasteiger partial charge is 0.239 e. The van der Waals surface area contributed by atoms with E-state index in [0.29, 0.717) is 0 Å². The van der Waals surface area contributed by atoms with Crippen LogP contribution in [0.4, 0.5) is 0 Å². The number of nitrogens with one attached hydrogen (secondary N) is 1. The second-order valence-corrected chi connectivity index (χ2v) is 2.88. The summed E-state index contributed by atoms with van der Waals surface area (Å²) in [7, 11) is 1.52. The number of carbonyl (C=O) groups excluding carboxylic acids is 1. The molecule has 0 aromatic carbocycles. The molecule has 0 aromatic heterocycles. The highest BCUT2D eigenvalue weighted by Gasteiger charge is 2.13. The zero-order valence-corrected chi connectivity index (χ0v) is 7.96. The molecule has 4 nitrogen and oxygen atoms in total. The van der Waals surface area contributed by atoms with E-state index in [0.717, 1.165) is 6.42 Å². The fourth-order valence-corrected chi connectivity index (χ4v) is 0.707. The molecular weight excluding hydrogens is 156 g/mol. The number of rotatable bonds is 5. The van der Waals surface area contributed by atoms with Gasteiger partial charge in [-0.2, -0.15) is 0 Å². The van der Waals surface area contributed by atoms with E-state index in [4.69, 9.17) is 10.5 Å². The Balaban J connectivity index is 3.70. The van der Waals surface area contributed by atoms with Gasteiger partial charge >= 0.3 is 0 Å². The van der Waals surface area contributed by atoms with Crippen LogP contribution in [0.5, 0.6) is 0 Å². The van der Waals surface area contributed by atoms with Crippen LogP contribution < -0.4 is 11.1 Å². The Kier molecular flexibility index (Phi) is 5.66. The summed E-state index contributed by atoms with van der Waals surface area (Å²) in [5.41, 5.74) is 5.49. The van der Waals surface area contributed by atoms with Crippen molar-refractivity contribution in [3.8, 4) is 0 Å². The molecule has 0 aliphatic rings. The minimum absolute atomic E-state index is 0.147. The van der Waals surface area contributed by atoms with E-state index in [1.54, 1.807) is 0 Å². The van der Waals surface area contributed by atoms with Gasteiger partial charge in [-0.3, -0.25) is 4.79 Å². The minimum atomic E-state index is -0.552. The summed E-state index contributed by atoms with van der Waals surface area (Å²) in [5, 5.41) is 2.77. The lowest BCUT2D eigenvalue weighted by atomic mass is 10.2. The zero-order valence-electron chi connectivity index (χ0n) is 7.96. The Labute approximate surface area is 73.5 Å². The highest BCUT2D eigenvalue weighted by molar-refractivity contribution is 5.81. The number of hydrogen-bond acceptors (Lipinski definition) is 3. The number of amides is 1. The summed E-state index contributed by atoms with van der Waals surface area (Å²) < 4.78 is 4.75. The van der Waals surface area contributed by atoms with Gasteiger partial charge in [0.25, 0.3) is 0 Å². The molecule has 12 heavy (non-hydrogen) atoms. The SMILES string of the molecule is CCC(C)NC(=O)C(N)COC. The summed E-state index contributed by atoms with van der Waals surface area (Å²) in [6, 6.07) is -0.371. The molecule has 0 spiro atoms. The van der Waals surface area contributed by atoms with Gasteiger partial charge in [0.2, 0.25) is 5.91 Å². The molecular formula is C8H18N2O2. The standard InChI is InChI=1S/C8H18N2O2/c1-4-6(2)10-8(11)7(9)5-12-3/h6-7H,4-5,9H2,1-3H3,(H,10,11). The minimum Gasteiger partial charge on any atom is -0.383 e. The molecule has 3 N–H and O–H groups in total. The monoisotopic (exact) mass is 174 g/mol. The van der Waals surface area contributed by atoms with Crippen molar-refractivity contribution in [2.75, 3.05) is 13.7 Å². The zero-order chi connectivity index (χ0) is 9.56. The predicted molar refractivity (Wildman–Crippen MR) is 47.7 cm³/mol. The summed E-state index contributed by atoms with van der Waals surface area (Å²) in [6.07, 6.45) is 0.908. The molecule has 72 valence electrons. The summed E-state index contributed by atoms with van der Waals surface area (Å²) in [5.74, 6) is -0.147. The lowest BCUT2D eigenvalue weighted by molar-refractivity contribution is -0.124. The van der Waals surface area contributed by atoms with Crippen LogP contribution >= 0.6 is 0 Å². The van der Waals surface area contributed by atoms with Crippen LogP contribution in [-0.4, -0.2) is 31.7 Å². The summed E-state index contributed by atoms with van der Waals surface area (Å²) >= 11 is 0. The Bertz CT molecular complexity index is 139. The second kappa shape index (κ2) is 5.97. The first kappa shape index (κ1) is 11.4. The Morgan fingerprint density at radius 3 is 2.67 bits per heavy atom. The van der Waals surface area contributed by atoms with Gasteiger partial charge in [-0.05, 0) is 13.3 Å². The van der Waals surface area contributed by atoms with Crippen LogP contribution in [-0.2, 0) is 9.53 Å². The molecule has 0 aliphatic carbocycles. The van der Waals surface area contributed by atoms with E-state index in [2.05, 4.69) is 5.32 Å². The molecule has 0 bridgehead atoms. The average Bonchev–Trinajstić information content (AvgIpc) is 2.04. The van der Waals surface area contributed by atoms with Crippen LogP contribution in [0.25, 0.3) is 0 Å². The third kappa shape index (κ3) is 4.31. The van der Waals surface area contributed by atoms with Crippen molar-refractivity contribution in [1.29, 1.82) is 0 Å². The van der Waals surface area contributed by atoms with Gasteiger partial charge in [0.15, 0.2) is 0 Å². The van der Waals surface area contributed by atoms with Crippen molar-refractivity contribution in [2.24, 2.45) is 5.73 Å². The van der Waals surface area contributed by atoms with Crippen LogP contribution in [0.3, 0.4) is 0 Å². The number of methoxy groups -OCH3 is 1. The van der Waals surface area contributed by atoms with E-state index >= 15 is 0 Å². The first-order chi connectivity index (χ1) is 5.61. The van der Waals surface area contributed by atoms with E-state index in [-0.39, 0.29) is 18.6 Å². The molecule has 0 saturated carbocycles. The van der Waals surface area contributed by atoms with Crippen molar-refractivity contribution in [3.05, 3.63) is 0 Å². The van der Waals surface area contributed by atoms with Gasteiger partial charge < -0.3 is 15.8 Å². The van der Waals surface area contributed by atoms with Crippen LogP contribution in [0, 0.1) is 0 Å². The first-order valence-electron chi connectivity index (χ1n) is 4.16. The molecule has 0 heterocycles. The maximum atomic E-state index is 11.2. The molecule has 1 amide bonds. The van der Waals surface area contributed by atoms with Gasteiger partial charge in [0.1, 0.15) is 6.04 Å². The van der Waals surface area contributed by atoms with Crippen molar-refractivity contribution in [1.82, 2.24) is 5.32 Å². The Morgan fingerprint density at radius 1 is 1.67 bits per heavy atom. The molecule has 2 unspecified atom stereocenters. The fraction of sp³-hybridized carbons (Fsp3) is 0.875. The van der Waals surface area contributed by atoms with Gasteiger partial charge in [0, 0.05) is 13.2 Å². The maximum absolute atomic E-state index is 11.2. The quantitative estimate of drug-likeness (QED) is 0.610. The van der Waals surface area contributed by atoms with Crippen LogP contribution in [0.2, 0.25) is 0 Å². The Hall–Kier alpha value is -0.610. The van der Waals surface area contributed by atoms with Crippen molar-refractivity contribution >= 4 is 5.91 Å². The fourth-order valence-electron chi connectivity index (χ4n) is 0.707. The largest absolute Gasteiger partial charge is 0.383 e. The van der Waals surface area contributed by atoms with Gasteiger partial charge in [0.05, 0.1) is 6.61 Å². The van der Waals surface area contributed by atoms with Gasteiger partial charge in [-0.25, -0.2) is 0 Å². The van der Waals surface area contributed by atoms with E-state index < -0.39 is 6.04 Å².